The summed E-state index contributed by atoms with van der Waals surface area (Å²) in [5.74, 6) is 3.92. The molecule has 0 spiro atoms. The van der Waals surface area contributed by atoms with Crippen molar-refractivity contribution in [3.05, 3.63) is 5.82 Å². The Balaban J connectivity index is 0.00000364. The smallest absolute Gasteiger partial charge is 0.193 e. The summed E-state index contributed by atoms with van der Waals surface area (Å²) in [5.41, 5.74) is 0. The van der Waals surface area contributed by atoms with Crippen molar-refractivity contribution in [3.63, 3.8) is 0 Å². The quantitative estimate of drug-likeness (QED) is 0.184. The predicted octanol–water partition coefficient (Wildman–Crippen LogP) is 3.61. The fraction of sp³-hybridized carbons (Fsp3) is 0.833. The molecule has 6 nitrogen and oxygen atoms in total. The Hall–Kier alpha value is -0.160. The van der Waals surface area contributed by atoms with Gasteiger partial charge in [-0.25, -0.2) is 0 Å². The number of hydrogen-bond acceptors (Lipinski definition) is 5. The second-order valence-electron chi connectivity index (χ2n) is 7.03. The van der Waals surface area contributed by atoms with Gasteiger partial charge in [0.1, 0.15) is 5.82 Å². The second kappa shape index (κ2) is 13.1. The van der Waals surface area contributed by atoms with E-state index in [9.17, 15) is 0 Å². The molecule has 0 bridgehead atoms. The van der Waals surface area contributed by atoms with Gasteiger partial charge >= 0.3 is 0 Å². The molecule has 1 aromatic rings. The molecule has 2 heterocycles. The van der Waals surface area contributed by atoms with Gasteiger partial charge in [-0.2, -0.15) is 11.8 Å². The summed E-state index contributed by atoms with van der Waals surface area (Å²) in [4.78, 5) is 6.89. The van der Waals surface area contributed by atoms with E-state index >= 15 is 0 Å². The third kappa shape index (κ3) is 7.64. The highest BCUT2D eigenvalue weighted by Gasteiger charge is 2.21. The lowest BCUT2D eigenvalue weighted by molar-refractivity contribution is 0.407. The van der Waals surface area contributed by atoms with Crippen LogP contribution < -0.4 is 5.32 Å². The minimum Gasteiger partial charge on any atom is -0.356 e. The van der Waals surface area contributed by atoms with Crippen LogP contribution in [0, 0.1) is 5.92 Å². The highest BCUT2D eigenvalue weighted by Crippen LogP contribution is 2.21. The summed E-state index contributed by atoms with van der Waals surface area (Å²) in [6.07, 6.45) is 5.26. The predicted molar refractivity (Wildman–Crippen MR) is 130 cm³/mol. The van der Waals surface area contributed by atoms with Crippen molar-refractivity contribution in [2.45, 2.75) is 57.0 Å². The topological polar surface area (TPSA) is 58.3 Å². The fourth-order valence-corrected chi connectivity index (χ4v) is 4.84. The average Bonchev–Trinajstić information content (AvgIpc) is 3.02. The molecule has 9 heteroatoms. The molecule has 1 unspecified atom stereocenters. The van der Waals surface area contributed by atoms with E-state index in [1.54, 1.807) is 11.8 Å². The van der Waals surface area contributed by atoms with Gasteiger partial charge in [-0.05, 0) is 25.0 Å². The number of halogens is 1. The molecule has 0 saturated carbocycles. The fourth-order valence-electron chi connectivity index (χ4n) is 3.14. The van der Waals surface area contributed by atoms with Crippen LogP contribution in [0.4, 0.5) is 0 Å². The molecule has 156 valence electrons. The number of aromatic nitrogens is 3. The largest absolute Gasteiger partial charge is 0.356 e. The van der Waals surface area contributed by atoms with E-state index in [1.165, 1.54) is 12.2 Å². The van der Waals surface area contributed by atoms with E-state index in [0.29, 0.717) is 5.92 Å². The Bertz CT molecular complexity index is 578. The number of aliphatic imine (C=N–C) groups is 1. The minimum atomic E-state index is 0. The van der Waals surface area contributed by atoms with Crippen LogP contribution in [-0.4, -0.2) is 69.6 Å². The first-order valence-electron chi connectivity index (χ1n) is 9.62. The molecule has 1 N–H and O–H groups in total. The number of thioether (sulfide) groups is 2. The molecule has 0 aliphatic carbocycles. The molecule has 1 aromatic heterocycles. The number of hydrogen-bond donors (Lipinski definition) is 1. The highest BCUT2D eigenvalue weighted by molar-refractivity contribution is 14.0. The van der Waals surface area contributed by atoms with Crippen LogP contribution in [0.3, 0.4) is 0 Å². The van der Waals surface area contributed by atoms with Crippen molar-refractivity contribution < 1.29 is 0 Å². The van der Waals surface area contributed by atoms with Crippen molar-refractivity contribution in [1.82, 2.24) is 25.0 Å². The molecular weight excluding hydrogens is 491 g/mol. The summed E-state index contributed by atoms with van der Waals surface area (Å²) < 4.78 is 2.28. The van der Waals surface area contributed by atoms with Gasteiger partial charge in [0.05, 0.1) is 0 Å². The molecular formula is C18H35IN6S2. The molecule has 27 heavy (non-hydrogen) atoms. The van der Waals surface area contributed by atoms with Crippen molar-refractivity contribution in [2.75, 3.05) is 38.7 Å². The van der Waals surface area contributed by atoms with E-state index < -0.39 is 0 Å². The van der Waals surface area contributed by atoms with Crippen LogP contribution in [0.25, 0.3) is 0 Å². The van der Waals surface area contributed by atoms with Crippen LogP contribution in [0.2, 0.25) is 0 Å². The summed E-state index contributed by atoms with van der Waals surface area (Å²) in [5, 5.41) is 14.0. The standard InChI is InChI=1S/C18H34N6S2.HI/c1-6-15-13-23(10-11-26-15)17(19-4)20-9-7-8-16-21-22-18(25-5)24(16)12-14(2)3;/h14-15H,6-13H2,1-5H3,(H,19,20);1H. The highest BCUT2D eigenvalue weighted by atomic mass is 127. The van der Waals surface area contributed by atoms with E-state index in [4.69, 9.17) is 0 Å². The lowest BCUT2D eigenvalue weighted by Gasteiger charge is -2.34. The van der Waals surface area contributed by atoms with Crippen LogP contribution in [-0.2, 0) is 13.0 Å². The first-order chi connectivity index (χ1) is 12.6. The van der Waals surface area contributed by atoms with Crippen LogP contribution in [0.1, 0.15) is 39.4 Å². The summed E-state index contributed by atoms with van der Waals surface area (Å²) in [6, 6.07) is 0. The molecule has 1 saturated heterocycles. The van der Waals surface area contributed by atoms with Gasteiger partial charge in [0, 0.05) is 50.7 Å². The van der Waals surface area contributed by atoms with Gasteiger partial charge in [-0.3, -0.25) is 4.99 Å². The van der Waals surface area contributed by atoms with Gasteiger partial charge in [-0.1, -0.05) is 32.5 Å². The zero-order valence-electron chi connectivity index (χ0n) is 17.3. The molecule has 0 radical (unpaired) electrons. The summed E-state index contributed by atoms with van der Waals surface area (Å²) >= 11 is 3.76. The van der Waals surface area contributed by atoms with Gasteiger partial charge < -0.3 is 14.8 Å². The van der Waals surface area contributed by atoms with Gasteiger partial charge in [0.15, 0.2) is 11.1 Å². The van der Waals surface area contributed by atoms with Gasteiger partial charge in [0.2, 0.25) is 0 Å². The number of nitrogens with one attached hydrogen (secondary N) is 1. The third-order valence-electron chi connectivity index (χ3n) is 4.49. The Kier molecular flexibility index (Phi) is 12.1. The molecule has 1 aliphatic rings. The maximum Gasteiger partial charge on any atom is 0.193 e. The van der Waals surface area contributed by atoms with Crippen LogP contribution in [0.5, 0.6) is 0 Å². The number of rotatable bonds is 8. The van der Waals surface area contributed by atoms with Gasteiger partial charge in [-0.15, -0.1) is 34.2 Å². The van der Waals surface area contributed by atoms with E-state index in [2.05, 4.69) is 68.8 Å². The average molecular weight is 527 g/mol. The van der Waals surface area contributed by atoms with Crippen LogP contribution in [0.15, 0.2) is 10.1 Å². The Labute approximate surface area is 190 Å². The Morgan fingerprint density at radius 2 is 2.19 bits per heavy atom. The summed E-state index contributed by atoms with van der Waals surface area (Å²) in [7, 11) is 1.88. The molecule has 0 amide bonds. The molecule has 1 atom stereocenters. The van der Waals surface area contributed by atoms with E-state index in [1.807, 2.05) is 7.05 Å². The number of nitrogens with zero attached hydrogens (tertiary/aromatic N) is 5. The minimum absolute atomic E-state index is 0. The zero-order chi connectivity index (χ0) is 18.9. The van der Waals surface area contributed by atoms with E-state index in [0.717, 1.165) is 61.2 Å². The lowest BCUT2D eigenvalue weighted by atomic mass is 10.2. The number of guanidine groups is 1. The third-order valence-corrected chi connectivity index (χ3v) is 6.53. The molecule has 0 aromatic carbocycles. The zero-order valence-corrected chi connectivity index (χ0v) is 21.2. The van der Waals surface area contributed by atoms with Gasteiger partial charge in [0.25, 0.3) is 0 Å². The summed E-state index contributed by atoms with van der Waals surface area (Å²) in [6.45, 7) is 10.8. The Morgan fingerprint density at radius 3 is 2.81 bits per heavy atom. The molecule has 1 aliphatic heterocycles. The van der Waals surface area contributed by atoms with Crippen molar-refractivity contribution in [3.8, 4) is 0 Å². The first kappa shape index (κ1) is 24.9. The van der Waals surface area contributed by atoms with Crippen molar-refractivity contribution in [1.29, 1.82) is 0 Å². The van der Waals surface area contributed by atoms with Crippen molar-refractivity contribution in [2.24, 2.45) is 10.9 Å². The maximum atomic E-state index is 4.49. The maximum absolute atomic E-state index is 4.49. The first-order valence-corrected chi connectivity index (χ1v) is 11.9. The Morgan fingerprint density at radius 1 is 1.41 bits per heavy atom. The molecule has 2 rings (SSSR count). The lowest BCUT2D eigenvalue weighted by Crippen LogP contribution is -2.48. The number of aryl methyl sites for hydroxylation is 1. The monoisotopic (exact) mass is 526 g/mol. The van der Waals surface area contributed by atoms with E-state index in [-0.39, 0.29) is 24.0 Å². The second-order valence-corrected chi connectivity index (χ2v) is 9.21. The van der Waals surface area contributed by atoms with Crippen LogP contribution >= 0.6 is 47.5 Å². The van der Waals surface area contributed by atoms with Crippen molar-refractivity contribution >= 4 is 53.5 Å². The normalized spacial score (nSPS) is 17.9. The molecule has 1 fully saturated rings. The SMILES string of the molecule is CCC1CN(C(=NC)NCCCc2nnc(SC)n2CC(C)C)CCS1.I.